The number of carbonyl (C=O) groups excluding carboxylic acids is 1. The average molecular weight is 273 g/mol. The van der Waals surface area contributed by atoms with Crippen LogP contribution < -0.4 is 14.8 Å². The van der Waals surface area contributed by atoms with Crippen molar-refractivity contribution in [2.75, 3.05) is 6.79 Å². The Balaban J connectivity index is 1.64. The molecule has 1 N–H and O–H groups in total. The molecular weight excluding hydrogens is 258 g/mol. The zero-order valence-corrected chi connectivity index (χ0v) is 11.1. The van der Waals surface area contributed by atoms with Crippen LogP contribution in [0.2, 0.25) is 0 Å². The van der Waals surface area contributed by atoms with Gasteiger partial charge in [-0.2, -0.15) is 0 Å². The van der Waals surface area contributed by atoms with Crippen LogP contribution in [-0.2, 0) is 6.42 Å². The number of carbonyl (C=O) groups is 1. The highest BCUT2D eigenvalue weighted by atomic mass is 16.7. The van der Waals surface area contributed by atoms with Crippen LogP contribution in [0.15, 0.2) is 41.0 Å². The molecule has 0 fully saturated rings. The van der Waals surface area contributed by atoms with Crippen molar-refractivity contribution < 1.29 is 18.7 Å². The molecule has 0 saturated heterocycles. The molecule has 1 amide bonds. The largest absolute Gasteiger partial charge is 0.469 e. The fraction of sp³-hybridized carbons (Fsp3) is 0.267. The number of benzene rings is 1. The fourth-order valence-electron chi connectivity index (χ4n) is 2.13. The number of furan rings is 1. The van der Waals surface area contributed by atoms with Gasteiger partial charge in [0.1, 0.15) is 5.76 Å². The fourth-order valence-corrected chi connectivity index (χ4v) is 2.13. The van der Waals surface area contributed by atoms with Crippen molar-refractivity contribution in [3.05, 3.63) is 47.9 Å². The summed E-state index contributed by atoms with van der Waals surface area (Å²) in [6.07, 6.45) is 2.28. The van der Waals surface area contributed by atoms with E-state index in [1.54, 1.807) is 24.5 Å². The summed E-state index contributed by atoms with van der Waals surface area (Å²) < 4.78 is 15.7. The highest BCUT2D eigenvalue weighted by Gasteiger charge is 2.17. The maximum atomic E-state index is 12.1. The van der Waals surface area contributed by atoms with Crippen molar-refractivity contribution in [3.8, 4) is 11.5 Å². The summed E-state index contributed by atoms with van der Waals surface area (Å²) in [6.45, 7) is 2.14. The molecule has 0 unspecified atom stereocenters. The van der Waals surface area contributed by atoms with Crippen LogP contribution in [0.5, 0.6) is 11.5 Å². The van der Waals surface area contributed by atoms with Gasteiger partial charge in [-0.1, -0.05) is 0 Å². The molecule has 2 heterocycles. The molecule has 0 bridgehead atoms. The van der Waals surface area contributed by atoms with Crippen LogP contribution in [0, 0.1) is 0 Å². The predicted octanol–water partition coefficient (Wildman–Crippen LogP) is 2.37. The molecule has 1 aliphatic rings. The molecule has 0 radical (unpaired) electrons. The summed E-state index contributed by atoms with van der Waals surface area (Å²) in [6, 6.07) is 8.87. The Morgan fingerprint density at radius 2 is 2.15 bits per heavy atom. The second kappa shape index (κ2) is 5.28. The van der Waals surface area contributed by atoms with E-state index in [2.05, 4.69) is 5.32 Å². The van der Waals surface area contributed by atoms with Gasteiger partial charge >= 0.3 is 0 Å². The summed E-state index contributed by atoms with van der Waals surface area (Å²) in [4.78, 5) is 12.1. The molecule has 1 atom stereocenters. The van der Waals surface area contributed by atoms with Crippen molar-refractivity contribution in [2.45, 2.75) is 19.4 Å². The number of amides is 1. The van der Waals surface area contributed by atoms with Gasteiger partial charge in [0.15, 0.2) is 11.5 Å². The summed E-state index contributed by atoms with van der Waals surface area (Å²) in [5.41, 5.74) is 0.556. The standard InChI is InChI=1S/C15H15NO4/c1-10(7-12-3-2-6-18-12)16-15(17)11-4-5-13-14(8-11)20-9-19-13/h2-6,8,10H,7,9H2,1H3,(H,16,17)/t10-/m1/s1. The Morgan fingerprint density at radius 1 is 1.30 bits per heavy atom. The summed E-state index contributed by atoms with van der Waals surface area (Å²) in [7, 11) is 0. The number of rotatable bonds is 4. The molecule has 5 nitrogen and oxygen atoms in total. The maximum Gasteiger partial charge on any atom is 0.251 e. The lowest BCUT2D eigenvalue weighted by atomic mass is 10.1. The number of hydrogen-bond acceptors (Lipinski definition) is 4. The molecule has 0 saturated carbocycles. The van der Waals surface area contributed by atoms with E-state index < -0.39 is 0 Å². The van der Waals surface area contributed by atoms with Crippen molar-refractivity contribution in [1.29, 1.82) is 0 Å². The minimum absolute atomic E-state index is 0.0147. The van der Waals surface area contributed by atoms with Crippen LogP contribution in [0.4, 0.5) is 0 Å². The number of hydrogen-bond donors (Lipinski definition) is 1. The quantitative estimate of drug-likeness (QED) is 0.929. The van der Waals surface area contributed by atoms with E-state index in [0.29, 0.717) is 23.5 Å². The van der Waals surface area contributed by atoms with Gasteiger partial charge in [-0.15, -0.1) is 0 Å². The minimum atomic E-state index is -0.137. The lowest BCUT2D eigenvalue weighted by Gasteiger charge is -2.12. The third-order valence-corrected chi connectivity index (χ3v) is 3.10. The SMILES string of the molecule is C[C@H](Cc1ccco1)NC(=O)c1ccc2c(c1)OCO2. The van der Waals surface area contributed by atoms with Gasteiger partial charge in [0.2, 0.25) is 6.79 Å². The summed E-state index contributed by atoms with van der Waals surface area (Å²) in [5, 5.41) is 2.93. The molecule has 104 valence electrons. The number of ether oxygens (including phenoxy) is 2. The molecular formula is C15H15NO4. The molecule has 20 heavy (non-hydrogen) atoms. The van der Waals surface area contributed by atoms with E-state index in [-0.39, 0.29) is 18.7 Å². The van der Waals surface area contributed by atoms with E-state index >= 15 is 0 Å². The van der Waals surface area contributed by atoms with Crippen LogP contribution in [0.3, 0.4) is 0 Å². The normalized spacial score (nSPS) is 14.1. The molecule has 1 aromatic heterocycles. The van der Waals surface area contributed by atoms with E-state index in [9.17, 15) is 4.79 Å². The van der Waals surface area contributed by atoms with Gasteiger partial charge in [-0.3, -0.25) is 4.79 Å². The minimum Gasteiger partial charge on any atom is -0.469 e. The Hall–Kier alpha value is -2.43. The molecule has 1 aliphatic heterocycles. The highest BCUT2D eigenvalue weighted by molar-refractivity contribution is 5.95. The molecule has 0 aliphatic carbocycles. The van der Waals surface area contributed by atoms with Crippen molar-refractivity contribution in [2.24, 2.45) is 0 Å². The van der Waals surface area contributed by atoms with Crippen molar-refractivity contribution in [3.63, 3.8) is 0 Å². The van der Waals surface area contributed by atoms with Gasteiger partial charge in [0, 0.05) is 18.0 Å². The van der Waals surface area contributed by atoms with E-state index in [1.165, 1.54) is 0 Å². The van der Waals surface area contributed by atoms with Gasteiger partial charge < -0.3 is 19.2 Å². The molecule has 5 heteroatoms. The first-order valence-electron chi connectivity index (χ1n) is 6.45. The molecule has 3 rings (SSSR count). The van der Waals surface area contributed by atoms with Gasteiger partial charge in [-0.05, 0) is 37.3 Å². The van der Waals surface area contributed by atoms with Crippen LogP contribution in [0.25, 0.3) is 0 Å². The van der Waals surface area contributed by atoms with Crippen LogP contribution >= 0.6 is 0 Å². The van der Waals surface area contributed by atoms with Crippen LogP contribution in [0.1, 0.15) is 23.0 Å². The Morgan fingerprint density at radius 3 is 2.95 bits per heavy atom. The Bertz CT molecular complexity index is 606. The summed E-state index contributed by atoms with van der Waals surface area (Å²) in [5.74, 6) is 1.99. The van der Waals surface area contributed by atoms with Gasteiger partial charge in [-0.25, -0.2) is 0 Å². The average Bonchev–Trinajstić information content (AvgIpc) is 3.07. The monoisotopic (exact) mass is 273 g/mol. The highest BCUT2D eigenvalue weighted by Crippen LogP contribution is 2.32. The second-order valence-corrected chi connectivity index (χ2v) is 4.73. The third-order valence-electron chi connectivity index (χ3n) is 3.10. The zero-order valence-electron chi connectivity index (χ0n) is 11.1. The maximum absolute atomic E-state index is 12.1. The van der Waals surface area contributed by atoms with Crippen LogP contribution in [-0.4, -0.2) is 18.7 Å². The first-order chi connectivity index (χ1) is 9.72. The smallest absolute Gasteiger partial charge is 0.251 e. The van der Waals surface area contributed by atoms with Crippen molar-refractivity contribution in [1.82, 2.24) is 5.32 Å². The van der Waals surface area contributed by atoms with E-state index in [0.717, 1.165) is 5.76 Å². The first kappa shape index (κ1) is 12.6. The Labute approximate surface area is 116 Å². The number of nitrogens with one attached hydrogen (secondary N) is 1. The lowest BCUT2D eigenvalue weighted by Crippen LogP contribution is -2.33. The zero-order chi connectivity index (χ0) is 13.9. The van der Waals surface area contributed by atoms with E-state index in [1.807, 2.05) is 19.1 Å². The van der Waals surface area contributed by atoms with E-state index in [4.69, 9.17) is 13.9 Å². The van der Waals surface area contributed by atoms with Crippen molar-refractivity contribution >= 4 is 5.91 Å². The van der Waals surface area contributed by atoms with Gasteiger partial charge in [0.05, 0.1) is 6.26 Å². The number of fused-ring (bicyclic) bond motifs is 1. The van der Waals surface area contributed by atoms with Gasteiger partial charge in [0.25, 0.3) is 5.91 Å². The lowest BCUT2D eigenvalue weighted by molar-refractivity contribution is 0.0939. The third kappa shape index (κ3) is 2.61. The Kier molecular flexibility index (Phi) is 3.33. The predicted molar refractivity (Wildman–Crippen MR) is 71.9 cm³/mol. The first-order valence-corrected chi connectivity index (χ1v) is 6.45. The molecule has 0 spiro atoms. The second-order valence-electron chi connectivity index (χ2n) is 4.73. The summed E-state index contributed by atoms with van der Waals surface area (Å²) >= 11 is 0. The molecule has 2 aromatic rings. The topological polar surface area (TPSA) is 60.7 Å². The molecule has 1 aromatic carbocycles.